The Morgan fingerprint density at radius 1 is 1.00 bits per heavy atom. The molecule has 0 atom stereocenters. The molecule has 1 heterocycles. The van der Waals surface area contributed by atoms with Gasteiger partial charge in [0.05, 0.1) is 18.1 Å². The lowest BCUT2D eigenvalue weighted by Gasteiger charge is -2.11. The molecular weight excluding hydrogens is 382 g/mol. The number of anilines is 1. The molecule has 0 saturated carbocycles. The maximum absolute atomic E-state index is 13.0. The van der Waals surface area contributed by atoms with Gasteiger partial charge in [0.15, 0.2) is 5.69 Å². The van der Waals surface area contributed by atoms with Crippen LogP contribution < -0.4 is 10.9 Å². The van der Waals surface area contributed by atoms with Gasteiger partial charge in [0.2, 0.25) is 0 Å². The molecule has 0 saturated heterocycles. The van der Waals surface area contributed by atoms with Crippen molar-refractivity contribution in [1.29, 1.82) is 0 Å². The van der Waals surface area contributed by atoms with Gasteiger partial charge in [-0.3, -0.25) is 9.59 Å². The van der Waals surface area contributed by atoms with E-state index in [9.17, 15) is 14.4 Å². The fourth-order valence-electron chi connectivity index (χ4n) is 3.24. The first-order valence-corrected chi connectivity index (χ1v) is 10.0. The molecule has 0 fully saturated rings. The summed E-state index contributed by atoms with van der Waals surface area (Å²) in [6.45, 7) is 2.60. The van der Waals surface area contributed by atoms with E-state index >= 15 is 0 Å². The molecule has 0 aliphatic heterocycles. The molecule has 30 heavy (non-hydrogen) atoms. The number of unbranched alkanes of at least 4 members (excludes halogenated alkanes) is 3. The number of rotatable bonds is 8. The molecule has 1 amide bonds. The molecule has 0 bridgehead atoms. The summed E-state index contributed by atoms with van der Waals surface area (Å²) in [5.74, 6) is -0.866. The average Bonchev–Trinajstić information content (AvgIpc) is 2.78. The number of aryl methyl sites for hydroxylation is 1. The van der Waals surface area contributed by atoms with Crippen LogP contribution in [-0.2, 0) is 11.3 Å². The van der Waals surface area contributed by atoms with E-state index in [-0.39, 0.29) is 11.3 Å². The van der Waals surface area contributed by atoms with E-state index in [1.165, 1.54) is 11.8 Å². The number of carbonyl (C=O) groups excluding carboxylic acids is 2. The van der Waals surface area contributed by atoms with Gasteiger partial charge in [0.25, 0.3) is 11.5 Å². The second kappa shape index (κ2) is 9.82. The lowest BCUT2D eigenvalue weighted by molar-refractivity contribution is 0.0600. The van der Waals surface area contributed by atoms with Crippen LogP contribution in [0.25, 0.3) is 10.8 Å². The summed E-state index contributed by atoms with van der Waals surface area (Å²) in [7, 11) is 1.31. The Morgan fingerprint density at radius 3 is 2.37 bits per heavy atom. The number of ether oxygens (including phenoxy) is 1. The molecular formula is C23H25N3O4. The predicted molar refractivity (Wildman–Crippen MR) is 116 cm³/mol. The zero-order chi connectivity index (χ0) is 21.5. The van der Waals surface area contributed by atoms with Crippen molar-refractivity contribution in [3.8, 4) is 0 Å². The van der Waals surface area contributed by atoms with E-state index in [1.807, 2.05) is 0 Å². The van der Waals surface area contributed by atoms with Crippen LogP contribution in [0.2, 0.25) is 0 Å². The molecule has 7 heteroatoms. The Balaban J connectivity index is 1.89. The molecule has 3 aromatic rings. The van der Waals surface area contributed by atoms with Crippen LogP contribution in [0, 0.1) is 0 Å². The molecule has 1 aromatic heterocycles. The van der Waals surface area contributed by atoms with Crippen LogP contribution in [0.15, 0.2) is 53.3 Å². The SMILES string of the molecule is CCCCCCn1nc(C(=O)Nc2ccc(C(=O)OC)cc2)c2ccccc2c1=O. The highest BCUT2D eigenvalue weighted by Gasteiger charge is 2.17. The highest BCUT2D eigenvalue weighted by Crippen LogP contribution is 2.17. The van der Waals surface area contributed by atoms with E-state index in [0.717, 1.165) is 25.7 Å². The third-order valence-electron chi connectivity index (χ3n) is 4.87. The molecule has 1 N–H and O–H groups in total. The molecule has 0 radical (unpaired) electrons. The lowest BCUT2D eigenvalue weighted by Crippen LogP contribution is -2.27. The van der Waals surface area contributed by atoms with E-state index < -0.39 is 11.9 Å². The number of esters is 1. The van der Waals surface area contributed by atoms with Gasteiger partial charge in [-0.05, 0) is 36.8 Å². The second-order valence-electron chi connectivity index (χ2n) is 7.01. The summed E-state index contributed by atoms with van der Waals surface area (Å²) in [6, 6.07) is 13.4. The minimum Gasteiger partial charge on any atom is -0.465 e. The van der Waals surface area contributed by atoms with Gasteiger partial charge in [-0.15, -0.1) is 0 Å². The van der Waals surface area contributed by atoms with Crippen LogP contribution in [0.3, 0.4) is 0 Å². The quantitative estimate of drug-likeness (QED) is 0.450. The van der Waals surface area contributed by atoms with Gasteiger partial charge in [-0.25, -0.2) is 9.48 Å². The largest absolute Gasteiger partial charge is 0.465 e. The van der Waals surface area contributed by atoms with Crippen molar-refractivity contribution >= 4 is 28.3 Å². The molecule has 0 aliphatic rings. The Morgan fingerprint density at radius 2 is 1.70 bits per heavy atom. The van der Waals surface area contributed by atoms with Crippen LogP contribution in [-0.4, -0.2) is 28.8 Å². The number of benzene rings is 2. The Hall–Kier alpha value is -3.48. The number of nitrogens with zero attached hydrogens (tertiary/aromatic N) is 2. The van der Waals surface area contributed by atoms with Crippen LogP contribution in [0.5, 0.6) is 0 Å². The van der Waals surface area contributed by atoms with E-state index in [1.54, 1.807) is 48.5 Å². The third-order valence-corrected chi connectivity index (χ3v) is 4.87. The highest BCUT2D eigenvalue weighted by molar-refractivity contribution is 6.11. The molecule has 0 aliphatic carbocycles. The minimum atomic E-state index is -0.448. The number of nitrogens with one attached hydrogen (secondary N) is 1. The van der Waals surface area contributed by atoms with Gasteiger partial charge in [0, 0.05) is 17.6 Å². The molecule has 156 valence electrons. The molecule has 0 unspecified atom stereocenters. The first-order chi connectivity index (χ1) is 14.5. The summed E-state index contributed by atoms with van der Waals surface area (Å²) < 4.78 is 6.06. The predicted octanol–water partition coefficient (Wildman–Crippen LogP) is 4.02. The summed E-state index contributed by atoms with van der Waals surface area (Å²) in [5.41, 5.74) is 0.901. The number of amides is 1. The Labute approximate surface area is 174 Å². The van der Waals surface area contributed by atoms with Crippen molar-refractivity contribution in [2.45, 2.75) is 39.2 Å². The maximum atomic E-state index is 13.0. The summed E-state index contributed by atoms with van der Waals surface area (Å²) in [5, 5.41) is 8.14. The number of hydrogen-bond acceptors (Lipinski definition) is 5. The Bertz CT molecular complexity index is 1100. The van der Waals surface area contributed by atoms with Crippen LogP contribution >= 0.6 is 0 Å². The zero-order valence-corrected chi connectivity index (χ0v) is 17.2. The number of aromatic nitrogens is 2. The average molecular weight is 407 g/mol. The zero-order valence-electron chi connectivity index (χ0n) is 17.2. The van der Waals surface area contributed by atoms with E-state index in [0.29, 0.717) is 28.6 Å². The van der Waals surface area contributed by atoms with Crippen molar-refractivity contribution in [3.05, 3.63) is 70.1 Å². The smallest absolute Gasteiger partial charge is 0.337 e. The minimum absolute atomic E-state index is 0.192. The molecule has 0 spiro atoms. The fraction of sp³-hybridized carbons (Fsp3) is 0.304. The number of hydrogen-bond donors (Lipinski definition) is 1. The normalized spacial score (nSPS) is 10.7. The van der Waals surface area contributed by atoms with Gasteiger partial charge < -0.3 is 10.1 Å². The summed E-state index contributed by atoms with van der Waals surface area (Å²) in [4.78, 5) is 37.3. The van der Waals surface area contributed by atoms with Gasteiger partial charge in [-0.1, -0.05) is 44.4 Å². The number of carbonyl (C=O) groups is 2. The maximum Gasteiger partial charge on any atom is 0.337 e. The first kappa shape index (κ1) is 21.2. The molecule has 2 aromatic carbocycles. The van der Waals surface area contributed by atoms with E-state index in [2.05, 4.69) is 22.1 Å². The Kier molecular flexibility index (Phi) is 6.95. The summed E-state index contributed by atoms with van der Waals surface area (Å²) in [6.07, 6.45) is 4.03. The van der Waals surface area contributed by atoms with Crippen molar-refractivity contribution in [2.24, 2.45) is 0 Å². The van der Waals surface area contributed by atoms with Gasteiger partial charge in [0.1, 0.15) is 0 Å². The number of fused-ring (bicyclic) bond motifs is 1. The van der Waals surface area contributed by atoms with Crippen molar-refractivity contribution in [1.82, 2.24) is 9.78 Å². The first-order valence-electron chi connectivity index (χ1n) is 10.0. The van der Waals surface area contributed by atoms with E-state index in [4.69, 9.17) is 0 Å². The lowest BCUT2D eigenvalue weighted by atomic mass is 10.1. The second-order valence-corrected chi connectivity index (χ2v) is 7.01. The standard InChI is InChI=1S/C23H25N3O4/c1-3-4-5-8-15-26-22(28)19-10-7-6-9-18(19)20(25-26)21(27)24-17-13-11-16(12-14-17)23(29)30-2/h6-7,9-14H,3-5,8,15H2,1-2H3,(H,24,27). The number of methoxy groups -OCH3 is 1. The topological polar surface area (TPSA) is 90.3 Å². The highest BCUT2D eigenvalue weighted by atomic mass is 16.5. The van der Waals surface area contributed by atoms with Crippen molar-refractivity contribution in [3.63, 3.8) is 0 Å². The van der Waals surface area contributed by atoms with Crippen molar-refractivity contribution < 1.29 is 14.3 Å². The third kappa shape index (κ3) is 4.74. The van der Waals surface area contributed by atoms with Crippen LogP contribution in [0.1, 0.15) is 53.5 Å². The fourth-order valence-corrected chi connectivity index (χ4v) is 3.24. The summed E-state index contributed by atoms with van der Waals surface area (Å²) >= 11 is 0. The van der Waals surface area contributed by atoms with Gasteiger partial charge >= 0.3 is 5.97 Å². The van der Waals surface area contributed by atoms with Gasteiger partial charge in [-0.2, -0.15) is 5.10 Å². The van der Waals surface area contributed by atoms with Crippen molar-refractivity contribution in [2.75, 3.05) is 12.4 Å². The van der Waals surface area contributed by atoms with Crippen LogP contribution in [0.4, 0.5) is 5.69 Å². The molecule has 3 rings (SSSR count). The monoisotopic (exact) mass is 407 g/mol. The molecule has 7 nitrogen and oxygen atoms in total.